The van der Waals surface area contributed by atoms with Crippen molar-refractivity contribution >= 4 is 22.4 Å². The molecule has 0 aromatic carbocycles. The minimum absolute atomic E-state index is 0.406. The van der Waals surface area contributed by atoms with E-state index in [1.54, 1.807) is 11.3 Å². The molecule has 0 spiro atoms. The van der Waals surface area contributed by atoms with Gasteiger partial charge in [-0.1, -0.05) is 6.92 Å². The van der Waals surface area contributed by atoms with Gasteiger partial charge in [-0.15, -0.1) is 11.3 Å². The number of aliphatic carboxylic acids is 1. The van der Waals surface area contributed by atoms with E-state index in [-0.39, 0.29) is 0 Å². The molecule has 0 amide bonds. The average Bonchev–Trinajstić information content (AvgIpc) is 2.86. The van der Waals surface area contributed by atoms with Crippen LogP contribution in [0.15, 0.2) is 0 Å². The number of carboxylic acids is 1. The fourth-order valence-electron chi connectivity index (χ4n) is 2.67. The van der Waals surface area contributed by atoms with Gasteiger partial charge in [-0.05, 0) is 39.8 Å². The predicted molar refractivity (Wildman–Crippen MR) is 86.5 cm³/mol. The van der Waals surface area contributed by atoms with Gasteiger partial charge in [-0.25, -0.2) is 4.98 Å². The highest BCUT2D eigenvalue weighted by Crippen LogP contribution is 2.38. The Morgan fingerprint density at radius 2 is 2.14 bits per heavy atom. The minimum atomic E-state index is -0.733. The summed E-state index contributed by atoms with van der Waals surface area (Å²) in [6, 6.07) is 0. The quantitative estimate of drug-likeness (QED) is 0.838. The van der Waals surface area contributed by atoms with E-state index in [2.05, 4.69) is 30.8 Å². The van der Waals surface area contributed by atoms with Crippen LogP contribution in [0.3, 0.4) is 0 Å². The third kappa shape index (κ3) is 3.95. The molecule has 5 nitrogen and oxygen atoms in total. The summed E-state index contributed by atoms with van der Waals surface area (Å²) in [6.45, 7) is 5.05. The molecule has 0 saturated heterocycles. The molecular formula is C15H25N3O2S. The van der Waals surface area contributed by atoms with Gasteiger partial charge in [0.25, 0.3) is 0 Å². The SMILES string of the molecule is CCCN(CCN(C)C)c1nc2c(s1)CCCC2C(=O)O. The maximum absolute atomic E-state index is 11.4. The highest BCUT2D eigenvalue weighted by atomic mass is 32.1. The number of hydrogen-bond acceptors (Lipinski definition) is 5. The Balaban J connectivity index is 2.20. The molecule has 0 saturated carbocycles. The summed E-state index contributed by atoms with van der Waals surface area (Å²) in [6.07, 6.45) is 3.72. The summed E-state index contributed by atoms with van der Waals surface area (Å²) in [7, 11) is 4.13. The Kier molecular flexibility index (Phi) is 5.58. The Morgan fingerprint density at radius 1 is 1.38 bits per heavy atom. The second-order valence-corrected chi connectivity index (χ2v) is 6.94. The first kappa shape index (κ1) is 16.2. The van der Waals surface area contributed by atoms with Crippen LogP contribution in [-0.4, -0.2) is 54.7 Å². The van der Waals surface area contributed by atoms with E-state index in [0.717, 1.165) is 56.1 Å². The van der Waals surface area contributed by atoms with E-state index >= 15 is 0 Å². The molecule has 0 radical (unpaired) electrons. The fraction of sp³-hybridized carbons (Fsp3) is 0.733. The summed E-state index contributed by atoms with van der Waals surface area (Å²) in [5.74, 6) is -1.14. The first-order valence-corrected chi connectivity index (χ1v) is 8.46. The first-order valence-electron chi connectivity index (χ1n) is 7.65. The molecule has 1 aliphatic carbocycles. The van der Waals surface area contributed by atoms with Crippen LogP contribution in [0.2, 0.25) is 0 Å². The van der Waals surface area contributed by atoms with Gasteiger partial charge in [-0.2, -0.15) is 0 Å². The maximum atomic E-state index is 11.4. The molecule has 118 valence electrons. The van der Waals surface area contributed by atoms with E-state index < -0.39 is 11.9 Å². The van der Waals surface area contributed by atoms with Crippen molar-refractivity contribution in [3.63, 3.8) is 0 Å². The third-order valence-corrected chi connectivity index (χ3v) is 5.01. The van der Waals surface area contributed by atoms with Crippen molar-refractivity contribution in [1.29, 1.82) is 0 Å². The predicted octanol–water partition coefficient (Wildman–Crippen LogP) is 2.43. The van der Waals surface area contributed by atoms with Crippen molar-refractivity contribution in [1.82, 2.24) is 9.88 Å². The lowest BCUT2D eigenvalue weighted by molar-refractivity contribution is -0.139. The van der Waals surface area contributed by atoms with Crippen LogP contribution >= 0.6 is 11.3 Å². The molecular weight excluding hydrogens is 286 g/mol. The second kappa shape index (κ2) is 7.22. The maximum Gasteiger partial charge on any atom is 0.312 e. The van der Waals surface area contributed by atoms with Crippen LogP contribution in [0, 0.1) is 0 Å². The van der Waals surface area contributed by atoms with E-state index in [9.17, 15) is 9.90 Å². The number of aromatic nitrogens is 1. The molecule has 1 atom stereocenters. The highest BCUT2D eigenvalue weighted by molar-refractivity contribution is 7.15. The average molecular weight is 311 g/mol. The molecule has 1 heterocycles. The summed E-state index contributed by atoms with van der Waals surface area (Å²) in [4.78, 5) is 21.7. The fourth-order valence-corrected chi connectivity index (χ4v) is 3.89. The zero-order chi connectivity index (χ0) is 15.4. The normalized spacial score (nSPS) is 17.8. The van der Waals surface area contributed by atoms with Gasteiger partial charge in [-0.3, -0.25) is 4.79 Å². The Labute approximate surface area is 130 Å². The van der Waals surface area contributed by atoms with Gasteiger partial charge in [0.15, 0.2) is 5.13 Å². The molecule has 6 heteroatoms. The zero-order valence-electron chi connectivity index (χ0n) is 13.1. The number of fused-ring (bicyclic) bond motifs is 1. The van der Waals surface area contributed by atoms with E-state index in [1.807, 2.05) is 0 Å². The lowest BCUT2D eigenvalue weighted by Gasteiger charge is -2.23. The number of anilines is 1. The van der Waals surface area contributed by atoms with Crippen molar-refractivity contribution in [2.75, 3.05) is 38.6 Å². The molecule has 0 aliphatic heterocycles. The molecule has 1 unspecified atom stereocenters. The van der Waals surface area contributed by atoms with Gasteiger partial charge >= 0.3 is 5.97 Å². The molecule has 0 fully saturated rings. The number of hydrogen-bond donors (Lipinski definition) is 1. The first-order chi connectivity index (χ1) is 10.0. The highest BCUT2D eigenvalue weighted by Gasteiger charge is 2.30. The van der Waals surface area contributed by atoms with Gasteiger partial charge in [0, 0.05) is 24.5 Å². The molecule has 2 rings (SSSR count). The summed E-state index contributed by atoms with van der Waals surface area (Å²) >= 11 is 1.69. The summed E-state index contributed by atoms with van der Waals surface area (Å²) < 4.78 is 0. The lowest BCUT2D eigenvalue weighted by atomic mass is 9.91. The van der Waals surface area contributed by atoms with Crippen molar-refractivity contribution in [2.24, 2.45) is 0 Å². The topological polar surface area (TPSA) is 56.7 Å². The molecule has 1 aromatic rings. The van der Waals surface area contributed by atoms with Crippen molar-refractivity contribution in [2.45, 2.75) is 38.5 Å². The third-order valence-electron chi connectivity index (χ3n) is 3.82. The van der Waals surface area contributed by atoms with E-state index in [4.69, 9.17) is 4.98 Å². The zero-order valence-corrected chi connectivity index (χ0v) is 13.9. The second-order valence-electron chi connectivity index (χ2n) is 5.88. The monoisotopic (exact) mass is 311 g/mol. The largest absolute Gasteiger partial charge is 0.481 e. The van der Waals surface area contributed by atoms with Crippen LogP contribution in [0.4, 0.5) is 5.13 Å². The van der Waals surface area contributed by atoms with Gasteiger partial charge in [0.2, 0.25) is 0 Å². The van der Waals surface area contributed by atoms with Crippen molar-refractivity contribution < 1.29 is 9.90 Å². The molecule has 0 bridgehead atoms. The van der Waals surface area contributed by atoms with E-state index in [1.165, 1.54) is 4.88 Å². The number of thiazole rings is 1. The van der Waals surface area contributed by atoms with Crippen molar-refractivity contribution in [3.05, 3.63) is 10.6 Å². The Morgan fingerprint density at radius 3 is 2.76 bits per heavy atom. The van der Waals surface area contributed by atoms with Crippen molar-refractivity contribution in [3.8, 4) is 0 Å². The minimum Gasteiger partial charge on any atom is -0.481 e. The number of carboxylic acid groups (broad SMARTS) is 1. The smallest absolute Gasteiger partial charge is 0.312 e. The molecule has 1 aliphatic rings. The van der Waals surface area contributed by atoms with Crippen LogP contribution in [0.25, 0.3) is 0 Å². The number of carbonyl (C=O) groups is 1. The summed E-state index contributed by atoms with van der Waals surface area (Å²) in [5, 5.41) is 10.4. The Hall–Kier alpha value is -1.14. The van der Waals surface area contributed by atoms with Crippen LogP contribution in [-0.2, 0) is 11.2 Å². The van der Waals surface area contributed by atoms with Crippen LogP contribution in [0.1, 0.15) is 42.7 Å². The number of rotatable bonds is 7. The molecule has 21 heavy (non-hydrogen) atoms. The van der Waals surface area contributed by atoms with Gasteiger partial charge < -0.3 is 14.9 Å². The number of aryl methyl sites for hydroxylation is 1. The number of likely N-dealkylation sites (N-methyl/N-ethyl adjacent to an activating group) is 1. The van der Waals surface area contributed by atoms with Crippen LogP contribution in [0.5, 0.6) is 0 Å². The molecule has 1 N–H and O–H groups in total. The van der Waals surface area contributed by atoms with Gasteiger partial charge in [0.05, 0.1) is 5.69 Å². The van der Waals surface area contributed by atoms with Gasteiger partial charge in [0.1, 0.15) is 5.92 Å². The van der Waals surface area contributed by atoms with Crippen LogP contribution < -0.4 is 4.90 Å². The molecule has 1 aromatic heterocycles. The van der Waals surface area contributed by atoms with E-state index in [0.29, 0.717) is 0 Å². The lowest BCUT2D eigenvalue weighted by Crippen LogP contribution is -2.32. The number of nitrogens with zero attached hydrogens (tertiary/aromatic N) is 3. The Bertz CT molecular complexity index is 487. The standard InChI is InChI=1S/C15H25N3O2S/c1-4-8-18(10-9-17(2)3)15-16-13-11(14(19)20)6-5-7-12(13)21-15/h11H,4-10H2,1-3H3,(H,19,20). The summed E-state index contributed by atoms with van der Waals surface area (Å²) in [5.41, 5.74) is 0.819.